The molecule has 5 heterocycles. The number of morpholine rings is 1. The highest BCUT2D eigenvalue weighted by atomic mass is 16.5. The zero-order valence-electron chi connectivity index (χ0n) is 19.6. The van der Waals surface area contributed by atoms with Gasteiger partial charge in [0.15, 0.2) is 0 Å². The summed E-state index contributed by atoms with van der Waals surface area (Å²) in [4.78, 5) is 12.8. The van der Waals surface area contributed by atoms with Gasteiger partial charge in [-0.15, -0.1) is 0 Å². The molecule has 2 aliphatic heterocycles. The summed E-state index contributed by atoms with van der Waals surface area (Å²) >= 11 is 0. The quantitative estimate of drug-likeness (QED) is 0.553. The van der Waals surface area contributed by atoms with Crippen LogP contribution in [0.5, 0.6) is 0 Å². The van der Waals surface area contributed by atoms with Crippen LogP contribution in [0.25, 0.3) is 5.65 Å². The van der Waals surface area contributed by atoms with Crippen molar-refractivity contribution in [3.8, 4) is 0 Å². The maximum absolute atomic E-state index is 5.58. The summed E-state index contributed by atoms with van der Waals surface area (Å²) in [7, 11) is 0. The molecule has 1 aliphatic carbocycles. The molecule has 176 valence electrons. The Labute approximate surface area is 195 Å². The van der Waals surface area contributed by atoms with Crippen molar-refractivity contribution >= 4 is 11.5 Å². The number of rotatable bonds is 7. The van der Waals surface area contributed by atoms with Gasteiger partial charge in [0.2, 0.25) is 0 Å². The number of piperazine rings is 1. The van der Waals surface area contributed by atoms with Gasteiger partial charge in [-0.2, -0.15) is 5.10 Å². The van der Waals surface area contributed by atoms with Gasteiger partial charge in [0.05, 0.1) is 31.1 Å². The first-order valence-electron chi connectivity index (χ1n) is 12.6. The van der Waals surface area contributed by atoms with E-state index in [1.807, 2.05) is 10.9 Å². The maximum Gasteiger partial charge on any atom is 0.138 e. The van der Waals surface area contributed by atoms with E-state index in [1.54, 1.807) is 0 Å². The molecule has 8 heteroatoms. The summed E-state index contributed by atoms with van der Waals surface area (Å²) in [5, 5.41) is 4.47. The number of pyridine rings is 1. The molecule has 1 saturated carbocycles. The fourth-order valence-electron chi connectivity index (χ4n) is 5.30. The summed E-state index contributed by atoms with van der Waals surface area (Å²) in [6.07, 6.45) is 9.27. The Bertz CT molecular complexity index is 1080. The lowest BCUT2D eigenvalue weighted by molar-refractivity contribution is 0.0640. The van der Waals surface area contributed by atoms with E-state index in [2.05, 4.69) is 61.7 Å². The fraction of sp³-hybridized carbons (Fsp3) is 0.600. The van der Waals surface area contributed by atoms with Crippen LogP contribution in [0.2, 0.25) is 0 Å². The molecule has 3 aromatic rings. The number of imidazole rings is 1. The van der Waals surface area contributed by atoms with Crippen LogP contribution >= 0.6 is 0 Å². The lowest BCUT2D eigenvalue weighted by atomic mass is 10.1. The molecule has 6 rings (SSSR count). The summed E-state index contributed by atoms with van der Waals surface area (Å²) < 4.78 is 9.89. The lowest BCUT2D eigenvalue weighted by Gasteiger charge is -2.40. The minimum atomic E-state index is 0.331. The van der Waals surface area contributed by atoms with Crippen molar-refractivity contribution < 1.29 is 4.74 Å². The highest BCUT2D eigenvalue weighted by Gasteiger charge is 2.34. The van der Waals surface area contributed by atoms with Crippen molar-refractivity contribution in [2.24, 2.45) is 5.92 Å². The first kappa shape index (κ1) is 21.1. The Hall–Kier alpha value is -2.42. The molecule has 0 bridgehead atoms. The van der Waals surface area contributed by atoms with Crippen LogP contribution in [0.15, 0.2) is 36.8 Å². The van der Waals surface area contributed by atoms with Gasteiger partial charge in [-0.25, -0.2) is 4.98 Å². The Kier molecular flexibility index (Phi) is 5.82. The average molecular weight is 450 g/mol. The number of ether oxygens (including phenoxy) is 1. The Morgan fingerprint density at radius 3 is 2.73 bits per heavy atom. The Morgan fingerprint density at radius 1 is 1.06 bits per heavy atom. The van der Waals surface area contributed by atoms with Crippen LogP contribution in [0, 0.1) is 5.92 Å². The summed E-state index contributed by atoms with van der Waals surface area (Å²) in [5.41, 5.74) is 3.54. The second-order valence-electron chi connectivity index (χ2n) is 9.77. The van der Waals surface area contributed by atoms with E-state index < -0.39 is 0 Å². The average Bonchev–Trinajstić information content (AvgIpc) is 3.37. The molecular weight excluding hydrogens is 414 g/mol. The van der Waals surface area contributed by atoms with Gasteiger partial charge in [0.1, 0.15) is 11.5 Å². The zero-order chi connectivity index (χ0) is 22.2. The summed E-state index contributed by atoms with van der Waals surface area (Å²) in [6.45, 7) is 11.9. The monoisotopic (exact) mass is 449 g/mol. The third-order valence-corrected chi connectivity index (χ3v) is 7.35. The predicted molar refractivity (Wildman–Crippen MR) is 128 cm³/mol. The second-order valence-corrected chi connectivity index (χ2v) is 9.77. The first-order chi connectivity index (χ1) is 16.3. The van der Waals surface area contributed by atoms with Crippen molar-refractivity contribution in [1.29, 1.82) is 0 Å². The van der Waals surface area contributed by atoms with E-state index in [-0.39, 0.29) is 0 Å². The number of aromatic nitrogens is 4. The van der Waals surface area contributed by atoms with Crippen LogP contribution in [0.4, 0.5) is 5.82 Å². The number of hydrogen-bond acceptors (Lipinski definition) is 6. The van der Waals surface area contributed by atoms with Crippen molar-refractivity contribution in [2.75, 3.05) is 57.4 Å². The number of fused-ring (bicyclic) bond motifs is 1. The molecule has 0 unspecified atom stereocenters. The predicted octanol–water partition coefficient (Wildman–Crippen LogP) is 2.66. The normalized spacial score (nSPS) is 22.9. The molecule has 2 saturated heterocycles. The highest BCUT2D eigenvalue weighted by Crippen LogP contribution is 2.35. The molecule has 0 aromatic carbocycles. The van der Waals surface area contributed by atoms with E-state index >= 15 is 0 Å². The number of aryl methyl sites for hydroxylation is 1. The molecular formula is C25H35N7O. The van der Waals surface area contributed by atoms with E-state index in [0.717, 1.165) is 70.6 Å². The third-order valence-electron chi connectivity index (χ3n) is 7.35. The van der Waals surface area contributed by atoms with Gasteiger partial charge in [0, 0.05) is 70.3 Å². The van der Waals surface area contributed by atoms with Crippen molar-refractivity contribution in [1.82, 2.24) is 29.0 Å². The molecule has 0 spiro atoms. The van der Waals surface area contributed by atoms with Gasteiger partial charge < -0.3 is 9.64 Å². The lowest BCUT2D eigenvalue weighted by Crippen LogP contribution is -2.48. The summed E-state index contributed by atoms with van der Waals surface area (Å²) in [6, 6.07) is 6.82. The van der Waals surface area contributed by atoms with E-state index in [1.165, 1.54) is 36.5 Å². The molecule has 0 amide bonds. The Morgan fingerprint density at radius 2 is 1.94 bits per heavy atom. The second kappa shape index (κ2) is 9.08. The molecule has 0 N–H and O–H groups in total. The van der Waals surface area contributed by atoms with Gasteiger partial charge in [-0.1, -0.05) is 6.07 Å². The maximum atomic E-state index is 5.58. The standard InChI is InChI=1S/C25H35N7O/c1-2-31-17-21(14-26-31)15-28-8-9-30(16-20-6-7-20)23(19-28)22-18-32-24(27-22)4-3-5-25(32)29-10-12-33-13-11-29/h3-5,14,17-18,20,23H,2,6-13,15-16,19H2,1H3/t23-/m1/s1. The molecule has 8 nitrogen and oxygen atoms in total. The molecule has 0 radical (unpaired) electrons. The van der Waals surface area contributed by atoms with E-state index in [0.29, 0.717) is 6.04 Å². The highest BCUT2D eigenvalue weighted by molar-refractivity contribution is 5.53. The van der Waals surface area contributed by atoms with Gasteiger partial charge in [0.25, 0.3) is 0 Å². The minimum absolute atomic E-state index is 0.331. The zero-order valence-corrected chi connectivity index (χ0v) is 19.6. The smallest absolute Gasteiger partial charge is 0.138 e. The topological polar surface area (TPSA) is 54.1 Å². The van der Waals surface area contributed by atoms with E-state index in [4.69, 9.17) is 9.72 Å². The molecule has 3 aromatic heterocycles. The van der Waals surface area contributed by atoms with E-state index in [9.17, 15) is 0 Å². The number of hydrogen-bond donors (Lipinski definition) is 0. The number of nitrogens with zero attached hydrogens (tertiary/aromatic N) is 7. The molecule has 33 heavy (non-hydrogen) atoms. The van der Waals surface area contributed by atoms with Crippen LogP contribution in [0.3, 0.4) is 0 Å². The number of anilines is 1. The minimum Gasteiger partial charge on any atom is -0.378 e. The summed E-state index contributed by atoms with van der Waals surface area (Å²) in [5.74, 6) is 2.10. The van der Waals surface area contributed by atoms with Crippen LogP contribution in [-0.4, -0.2) is 81.4 Å². The fourth-order valence-corrected chi connectivity index (χ4v) is 5.30. The SMILES string of the molecule is CCn1cc(CN2CCN(CC3CC3)[C@@H](c3cn4c(N5CCOCC5)cccc4n3)C2)cn1. The Balaban J connectivity index is 1.27. The van der Waals surface area contributed by atoms with Gasteiger partial charge >= 0.3 is 0 Å². The van der Waals surface area contributed by atoms with Crippen molar-refractivity contribution in [2.45, 2.75) is 38.9 Å². The first-order valence-corrected chi connectivity index (χ1v) is 12.6. The van der Waals surface area contributed by atoms with Crippen molar-refractivity contribution in [3.05, 3.63) is 48.0 Å². The molecule has 3 fully saturated rings. The third kappa shape index (κ3) is 4.52. The molecule has 3 aliphatic rings. The van der Waals surface area contributed by atoms with Gasteiger partial charge in [-0.3, -0.25) is 18.9 Å². The van der Waals surface area contributed by atoms with Crippen LogP contribution in [0.1, 0.15) is 37.1 Å². The van der Waals surface area contributed by atoms with Crippen molar-refractivity contribution in [3.63, 3.8) is 0 Å². The molecule has 1 atom stereocenters. The van der Waals surface area contributed by atoms with Crippen LogP contribution < -0.4 is 4.90 Å². The van der Waals surface area contributed by atoms with Crippen LogP contribution in [-0.2, 0) is 17.8 Å². The largest absolute Gasteiger partial charge is 0.378 e. The van der Waals surface area contributed by atoms with Gasteiger partial charge in [-0.05, 0) is 37.8 Å².